The molecule has 3 N–H and O–H groups in total. The van der Waals surface area contributed by atoms with E-state index in [1.165, 1.54) is 31.9 Å². The molecule has 0 heterocycles. The van der Waals surface area contributed by atoms with E-state index in [4.69, 9.17) is 15.2 Å². The van der Waals surface area contributed by atoms with E-state index in [0.717, 1.165) is 39.0 Å². The van der Waals surface area contributed by atoms with Gasteiger partial charge >= 0.3 is 0 Å². The van der Waals surface area contributed by atoms with Crippen molar-refractivity contribution in [3.05, 3.63) is 35.9 Å². The first-order valence-corrected chi connectivity index (χ1v) is 8.89. The summed E-state index contributed by atoms with van der Waals surface area (Å²) in [5, 5.41) is 3.33. The third-order valence-electron chi connectivity index (χ3n) is 3.98. The van der Waals surface area contributed by atoms with Gasteiger partial charge in [-0.25, -0.2) is 4.99 Å². The lowest BCUT2D eigenvalue weighted by Crippen LogP contribution is -2.32. The minimum absolute atomic E-state index is 0.276. The predicted octanol–water partition coefficient (Wildman–Crippen LogP) is 2.75. The van der Waals surface area contributed by atoms with Crippen LogP contribution in [0, 0.1) is 0 Å². The van der Waals surface area contributed by atoms with Gasteiger partial charge in [0.05, 0.1) is 13.7 Å². The minimum atomic E-state index is 0.276. The number of benzene rings is 1. The molecule has 1 aromatic rings. The summed E-state index contributed by atoms with van der Waals surface area (Å²) in [6, 6.07) is 11.2. The van der Waals surface area contributed by atoms with E-state index in [2.05, 4.69) is 34.6 Å². The van der Waals surface area contributed by atoms with E-state index >= 15 is 0 Å². The Bertz CT molecular complexity index is 437. The van der Waals surface area contributed by atoms with Crippen LogP contribution in [0.2, 0.25) is 0 Å². The van der Waals surface area contributed by atoms with Crippen molar-refractivity contribution in [2.45, 2.75) is 44.6 Å². The number of hydrogen-bond donors (Lipinski definition) is 2. The molecule has 1 unspecified atom stereocenters. The lowest BCUT2D eigenvalue weighted by Gasteiger charge is -2.16. The van der Waals surface area contributed by atoms with Gasteiger partial charge in [0.25, 0.3) is 6.02 Å². The van der Waals surface area contributed by atoms with Crippen LogP contribution >= 0.6 is 0 Å². The number of rotatable bonds is 13. The number of amidine groups is 1. The normalized spacial score (nSPS) is 13.0. The summed E-state index contributed by atoms with van der Waals surface area (Å²) in [6.07, 6.45) is 6.77. The number of aliphatic imine (C=N–C) groups is 1. The van der Waals surface area contributed by atoms with Crippen molar-refractivity contribution in [3.8, 4) is 0 Å². The third kappa shape index (κ3) is 10.2. The third-order valence-corrected chi connectivity index (χ3v) is 3.98. The zero-order chi connectivity index (χ0) is 17.5. The number of ether oxygens (including phenoxy) is 2. The molecule has 0 aliphatic rings. The molecular formula is C19H33N3O2. The molecule has 5 nitrogen and oxygen atoms in total. The van der Waals surface area contributed by atoms with Crippen molar-refractivity contribution in [1.82, 2.24) is 5.32 Å². The molecule has 24 heavy (non-hydrogen) atoms. The summed E-state index contributed by atoms with van der Waals surface area (Å²) in [5.41, 5.74) is 6.80. The standard InChI is InChI=1S/C19H33N3O2/c1-21-18(15-17-11-7-6-8-12-17)16-24-14-10-5-3-4-9-13-22-19(20)23-2/h6-8,11-12,18,21H,3-5,9-10,13-16H2,1-2H3,(H2,20,22). The molecule has 0 amide bonds. The van der Waals surface area contributed by atoms with Crippen LogP contribution in [-0.4, -0.2) is 46.0 Å². The maximum absolute atomic E-state index is 5.82. The molecule has 0 radical (unpaired) electrons. The van der Waals surface area contributed by atoms with E-state index < -0.39 is 0 Å². The van der Waals surface area contributed by atoms with Crippen LogP contribution in [0.5, 0.6) is 0 Å². The van der Waals surface area contributed by atoms with Gasteiger partial charge in [-0.3, -0.25) is 0 Å². The van der Waals surface area contributed by atoms with Gasteiger partial charge < -0.3 is 20.5 Å². The summed E-state index contributed by atoms with van der Waals surface area (Å²) in [4.78, 5) is 4.09. The number of unbranched alkanes of at least 4 members (excludes halogenated alkanes) is 4. The number of hydrogen-bond acceptors (Lipinski definition) is 4. The van der Waals surface area contributed by atoms with E-state index in [1.54, 1.807) is 0 Å². The molecule has 1 aromatic carbocycles. The maximum Gasteiger partial charge on any atom is 0.281 e. The summed E-state index contributed by atoms with van der Waals surface area (Å²) >= 11 is 0. The Kier molecular flexibility index (Phi) is 11.8. The fraction of sp³-hybridized carbons (Fsp3) is 0.632. The van der Waals surface area contributed by atoms with Crippen molar-refractivity contribution in [2.75, 3.05) is 33.9 Å². The van der Waals surface area contributed by atoms with E-state index in [9.17, 15) is 0 Å². The molecule has 0 aliphatic carbocycles. The summed E-state index contributed by atoms with van der Waals surface area (Å²) in [6.45, 7) is 2.34. The Morgan fingerprint density at radius 1 is 1.12 bits per heavy atom. The van der Waals surface area contributed by atoms with Crippen LogP contribution in [0.4, 0.5) is 0 Å². The van der Waals surface area contributed by atoms with Crippen molar-refractivity contribution >= 4 is 6.02 Å². The first kappa shape index (κ1) is 20.5. The van der Waals surface area contributed by atoms with E-state index in [0.29, 0.717) is 6.04 Å². The number of likely N-dealkylation sites (N-methyl/N-ethyl adjacent to an activating group) is 1. The van der Waals surface area contributed by atoms with Crippen LogP contribution in [0.1, 0.15) is 37.7 Å². The molecule has 0 aromatic heterocycles. The largest absolute Gasteiger partial charge is 0.469 e. The van der Waals surface area contributed by atoms with Crippen LogP contribution in [0.25, 0.3) is 0 Å². The average Bonchev–Trinajstić information content (AvgIpc) is 2.62. The van der Waals surface area contributed by atoms with Crippen LogP contribution < -0.4 is 11.1 Å². The second-order valence-corrected chi connectivity index (χ2v) is 5.94. The molecule has 0 saturated carbocycles. The SMILES string of the molecule is CNC(COCCCCCCCN=C(N)OC)Cc1ccccc1. The van der Waals surface area contributed by atoms with Gasteiger partial charge in [0.15, 0.2) is 0 Å². The van der Waals surface area contributed by atoms with Crippen molar-refractivity contribution < 1.29 is 9.47 Å². The Balaban J connectivity index is 1.97. The maximum atomic E-state index is 5.82. The number of nitrogens with one attached hydrogen (secondary N) is 1. The average molecular weight is 335 g/mol. The molecule has 0 aliphatic heterocycles. The Morgan fingerprint density at radius 2 is 1.83 bits per heavy atom. The highest BCUT2D eigenvalue weighted by Crippen LogP contribution is 2.06. The highest BCUT2D eigenvalue weighted by Gasteiger charge is 2.07. The van der Waals surface area contributed by atoms with Gasteiger partial charge in [-0.2, -0.15) is 0 Å². The second-order valence-electron chi connectivity index (χ2n) is 5.94. The Labute approximate surface area is 146 Å². The van der Waals surface area contributed by atoms with Crippen molar-refractivity contribution in [3.63, 3.8) is 0 Å². The number of nitrogens with two attached hydrogens (primary N) is 1. The predicted molar refractivity (Wildman–Crippen MR) is 100 cm³/mol. The Morgan fingerprint density at radius 3 is 2.54 bits per heavy atom. The molecular weight excluding hydrogens is 302 g/mol. The lowest BCUT2D eigenvalue weighted by molar-refractivity contribution is 0.109. The molecule has 0 bridgehead atoms. The van der Waals surface area contributed by atoms with Crippen molar-refractivity contribution in [2.24, 2.45) is 10.7 Å². The topological polar surface area (TPSA) is 68.9 Å². The molecule has 0 fully saturated rings. The first-order valence-electron chi connectivity index (χ1n) is 8.89. The van der Waals surface area contributed by atoms with Crippen LogP contribution in [-0.2, 0) is 15.9 Å². The molecule has 1 rings (SSSR count). The van der Waals surface area contributed by atoms with Gasteiger partial charge in [-0.05, 0) is 31.9 Å². The van der Waals surface area contributed by atoms with Crippen molar-refractivity contribution in [1.29, 1.82) is 0 Å². The first-order chi connectivity index (χ1) is 11.8. The minimum Gasteiger partial charge on any atom is -0.469 e. The fourth-order valence-corrected chi connectivity index (χ4v) is 2.47. The van der Waals surface area contributed by atoms with E-state index in [-0.39, 0.29) is 6.02 Å². The summed E-state index contributed by atoms with van der Waals surface area (Å²) < 4.78 is 10.6. The van der Waals surface area contributed by atoms with Gasteiger partial charge in [0.1, 0.15) is 0 Å². The molecule has 1 atom stereocenters. The number of nitrogens with zero attached hydrogens (tertiary/aromatic N) is 1. The molecule has 136 valence electrons. The van der Waals surface area contributed by atoms with E-state index in [1.807, 2.05) is 13.1 Å². The monoisotopic (exact) mass is 335 g/mol. The molecule has 0 saturated heterocycles. The smallest absolute Gasteiger partial charge is 0.281 e. The van der Waals surface area contributed by atoms with Crippen LogP contribution in [0.15, 0.2) is 35.3 Å². The van der Waals surface area contributed by atoms with Gasteiger partial charge in [0, 0.05) is 19.2 Å². The molecule has 5 heteroatoms. The lowest BCUT2D eigenvalue weighted by atomic mass is 10.1. The molecule has 0 spiro atoms. The van der Waals surface area contributed by atoms with Gasteiger partial charge in [-0.1, -0.05) is 49.6 Å². The van der Waals surface area contributed by atoms with Crippen LogP contribution in [0.3, 0.4) is 0 Å². The van der Waals surface area contributed by atoms with Gasteiger partial charge in [-0.15, -0.1) is 0 Å². The highest BCUT2D eigenvalue weighted by atomic mass is 16.5. The number of methoxy groups -OCH3 is 1. The second kappa shape index (κ2) is 13.8. The zero-order valence-electron chi connectivity index (χ0n) is 15.2. The summed E-state index contributed by atoms with van der Waals surface area (Å²) in [7, 11) is 3.53. The van der Waals surface area contributed by atoms with Gasteiger partial charge in [0.2, 0.25) is 0 Å². The highest BCUT2D eigenvalue weighted by molar-refractivity contribution is 5.71. The fourth-order valence-electron chi connectivity index (χ4n) is 2.47. The quantitative estimate of drug-likeness (QED) is 0.330. The summed E-state index contributed by atoms with van der Waals surface area (Å²) in [5.74, 6) is 0. The Hall–Kier alpha value is -1.59. The zero-order valence-corrected chi connectivity index (χ0v) is 15.2.